The number of hydrogen-bond donors (Lipinski definition) is 2. The van der Waals surface area contributed by atoms with Gasteiger partial charge in [-0.3, -0.25) is 5.10 Å². The van der Waals surface area contributed by atoms with Crippen LogP contribution in [0.4, 0.5) is 0 Å². The fourth-order valence-electron chi connectivity index (χ4n) is 1.66. The minimum absolute atomic E-state index is 0.123. The molecule has 0 radical (unpaired) electrons. The Labute approximate surface area is 86.1 Å². The Kier molecular flexibility index (Phi) is 2.77. The Balaban J connectivity index is 2.11. The molecule has 76 valence electrons. The first kappa shape index (κ1) is 9.58. The number of carboxylic acid groups (broad SMARTS) is 1. The molecule has 0 amide bonds. The van der Waals surface area contributed by atoms with Crippen LogP contribution in [0.2, 0.25) is 0 Å². The second-order valence-corrected chi connectivity index (χ2v) is 4.63. The van der Waals surface area contributed by atoms with E-state index in [1.54, 1.807) is 6.07 Å². The van der Waals surface area contributed by atoms with Crippen LogP contribution in [0.3, 0.4) is 0 Å². The number of aromatic amines is 1. The zero-order valence-electron chi connectivity index (χ0n) is 7.69. The van der Waals surface area contributed by atoms with E-state index in [9.17, 15) is 4.79 Å². The summed E-state index contributed by atoms with van der Waals surface area (Å²) in [4.78, 5) is 10.6. The first-order valence-corrected chi connectivity index (χ1v) is 5.79. The molecule has 0 spiro atoms. The summed E-state index contributed by atoms with van der Waals surface area (Å²) in [6.07, 6.45) is 2.23. The summed E-state index contributed by atoms with van der Waals surface area (Å²) < 4.78 is 0. The molecule has 4 nitrogen and oxygen atoms in total. The average Bonchev–Trinajstić information content (AvgIpc) is 2.68. The molecule has 1 aliphatic rings. The van der Waals surface area contributed by atoms with Crippen LogP contribution in [0.5, 0.6) is 0 Å². The standard InChI is InChI=1S/C9H12N2O2S/c12-9(13)8-5-7(10-11-8)6-1-3-14-4-2-6/h5-6H,1-4H2,(H,10,11)(H,12,13). The molecule has 1 aliphatic heterocycles. The van der Waals surface area contributed by atoms with Gasteiger partial charge in [0.1, 0.15) is 0 Å². The van der Waals surface area contributed by atoms with Gasteiger partial charge in [0.05, 0.1) is 0 Å². The van der Waals surface area contributed by atoms with E-state index < -0.39 is 5.97 Å². The van der Waals surface area contributed by atoms with Crippen LogP contribution in [0, 0.1) is 0 Å². The van der Waals surface area contributed by atoms with Gasteiger partial charge in [0.15, 0.2) is 5.69 Å². The first-order chi connectivity index (χ1) is 6.77. The number of hydrogen-bond acceptors (Lipinski definition) is 3. The van der Waals surface area contributed by atoms with Gasteiger partial charge < -0.3 is 5.11 Å². The molecule has 1 saturated heterocycles. The summed E-state index contributed by atoms with van der Waals surface area (Å²) in [6.45, 7) is 0. The molecule has 0 aromatic carbocycles. The normalized spacial score (nSPS) is 18.3. The lowest BCUT2D eigenvalue weighted by Crippen LogP contribution is -2.08. The van der Waals surface area contributed by atoms with Crippen molar-refractivity contribution in [1.29, 1.82) is 0 Å². The molecule has 5 heteroatoms. The lowest BCUT2D eigenvalue weighted by molar-refractivity contribution is 0.0690. The molecule has 2 heterocycles. The molecule has 2 rings (SSSR count). The van der Waals surface area contributed by atoms with E-state index in [0.29, 0.717) is 5.92 Å². The highest BCUT2D eigenvalue weighted by Gasteiger charge is 2.19. The number of aromatic nitrogens is 2. The fourth-order valence-corrected chi connectivity index (χ4v) is 2.77. The summed E-state index contributed by atoms with van der Waals surface area (Å²) in [5.74, 6) is 1.83. The van der Waals surface area contributed by atoms with Crippen molar-refractivity contribution < 1.29 is 9.90 Å². The van der Waals surface area contributed by atoms with Crippen molar-refractivity contribution in [2.75, 3.05) is 11.5 Å². The molecule has 1 fully saturated rings. The molecule has 0 unspecified atom stereocenters. The molecular formula is C9H12N2O2S. The van der Waals surface area contributed by atoms with E-state index in [1.807, 2.05) is 11.8 Å². The summed E-state index contributed by atoms with van der Waals surface area (Å²) in [6, 6.07) is 1.66. The van der Waals surface area contributed by atoms with Gasteiger partial charge in [-0.1, -0.05) is 0 Å². The third kappa shape index (κ3) is 1.92. The summed E-state index contributed by atoms with van der Waals surface area (Å²) in [7, 11) is 0. The van der Waals surface area contributed by atoms with Gasteiger partial charge >= 0.3 is 5.97 Å². The van der Waals surface area contributed by atoms with Gasteiger partial charge in [-0.2, -0.15) is 16.9 Å². The second-order valence-electron chi connectivity index (χ2n) is 3.40. The van der Waals surface area contributed by atoms with Crippen molar-refractivity contribution in [3.8, 4) is 0 Å². The minimum Gasteiger partial charge on any atom is -0.476 e. The van der Waals surface area contributed by atoms with Gasteiger partial charge in [-0.25, -0.2) is 4.79 Å². The number of nitrogens with zero attached hydrogens (tertiary/aromatic N) is 1. The zero-order valence-corrected chi connectivity index (χ0v) is 8.51. The highest BCUT2D eigenvalue weighted by atomic mass is 32.2. The summed E-state index contributed by atoms with van der Waals surface area (Å²) in [5.41, 5.74) is 1.10. The SMILES string of the molecule is O=C(O)c1cc(C2CCSCC2)[nH]n1. The Bertz CT molecular complexity index is 331. The summed E-state index contributed by atoms with van der Waals surface area (Å²) in [5, 5.41) is 15.3. The highest BCUT2D eigenvalue weighted by molar-refractivity contribution is 7.99. The Morgan fingerprint density at radius 2 is 2.29 bits per heavy atom. The predicted molar refractivity (Wildman–Crippen MR) is 54.8 cm³/mol. The largest absolute Gasteiger partial charge is 0.476 e. The number of rotatable bonds is 2. The maximum absolute atomic E-state index is 10.6. The van der Waals surface area contributed by atoms with Crippen molar-refractivity contribution in [2.45, 2.75) is 18.8 Å². The molecule has 0 aliphatic carbocycles. The number of carboxylic acids is 1. The number of nitrogens with one attached hydrogen (secondary N) is 1. The van der Waals surface area contributed by atoms with E-state index in [1.165, 1.54) is 0 Å². The van der Waals surface area contributed by atoms with Crippen LogP contribution >= 0.6 is 11.8 Å². The molecule has 0 atom stereocenters. The number of aromatic carboxylic acids is 1. The van der Waals surface area contributed by atoms with Crippen molar-refractivity contribution in [2.24, 2.45) is 0 Å². The quantitative estimate of drug-likeness (QED) is 0.783. The van der Waals surface area contributed by atoms with Crippen LogP contribution < -0.4 is 0 Å². The smallest absolute Gasteiger partial charge is 0.356 e. The highest BCUT2D eigenvalue weighted by Crippen LogP contribution is 2.30. The predicted octanol–water partition coefficient (Wildman–Crippen LogP) is 1.72. The van der Waals surface area contributed by atoms with E-state index in [0.717, 1.165) is 30.0 Å². The lowest BCUT2D eigenvalue weighted by atomic mass is 9.99. The number of H-pyrrole nitrogens is 1. The number of thioether (sulfide) groups is 1. The van der Waals surface area contributed by atoms with Crippen LogP contribution in [0.1, 0.15) is 34.9 Å². The van der Waals surface area contributed by atoms with Gasteiger partial charge in [0, 0.05) is 11.6 Å². The van der Waals surface area contributed by atoms with E-state index >= 15 is 0 Å². The Morgan fingerprint density at radius 1 is 1.57 bits per heavy atom. The molecule has 14 heavy (non-hydrogen) atoms. The maximum Gasteiger partial charge on any atom is 0.356 e. The average molecular weight is 212 g/mol. The van der Waals surface area contributed by atoms with Crippen LogP contribution in [0.15, 0.2) is 6.07 Å². The van der Waals surface area contributed by atoms with Gasteiger partial charge in [-0.05, 0) is 30.4 Å². The van der Waals surface area contributed by atoms with Gasteiger partial charge in [0.2, 0.25) is 0 Å². The molecule has 1 aromatic rings. The second kappa shape index (κ2) is 4.04. The van der Waals surface area contributed by atoms with Crippen LogP contribution in [-0.2, 0) is 0 Å². The Morgan fingerprint density at radius 3 is 2.86 bits per heavy atom. The van der Waals surface area contributed by atoms with Crippen molar-refractivity contribution in [1.82, 2.24) is 10.2 Å². The fraction of sp³-hybridized carbons (Fsp3) is 0.556. The lowest BCUT2D eigenvalue weighted by Gasteiger charge is -2.19. The van der Waals surface area contributed by atoms with Crippen LogP contribution in [-0.4, -0.2) is 32.8 Å². The zero-order chi connectivity index (χ0) is 9.97. The van der Waals surface area contributed by atoms with Gasteiger partial charge in [0.25, 0.3) is 0 Å². The van der Waals surface area contributed by atoms with Crippen molar-refractivity contribution >= 4 is 17.7 Å². The molecule has 2 N–H and O–H groups in total. The van der Waals surface area contributed by atoms with E-state index in [2.05, 4.69) is 10.2 Å². The third-order valence-electron chi connectivity index (χ3n) is 2.48. The first-order valence-electron chi connectivity index (χ1n) is 4.63. The third-order valence-corrected chi connectivity index (χ3v) is 3.53. The van der Waals surface area contributed by atoms with Crippen molar-refractivity contribution in [3.05, 3.63) is 17.5 Å². The minimum atomic E-state index is -0.960. The van der Waals surface area contributed by atoms with E-state index in [4.69, 9.17) is 5.11 Å². The molecule has 0 bridgehead atoms. The molecule has 0 saturated carbocycles. The molecule has 1 aromatic heterocycles. The maximum atomic E-state index is 10.6. The van der Waals surface area contributed by atoms with Crippen molar-refractivity contribution in [3.63, 3.8) is 0 Å². The summed E-state index contributed by atoms with van der Waals surface area (Å²) >= 11 is 1.96. The Hall–Kier alpha value is -0.970. The van der Waals surface area contributed by atoms with Gasteiger partial charge in [-0.15, -0.1) is 0 Å². The number of carbonyl (C=O) groups is 1. The molecular weight excluding hydrogens is 200 g/mol. The monoisotopic (exact) mass is 212 g/mol. The van der Waals surface area contributed by atoms with Crippen LogP contribution in [0.25, 0.3) is 0 Å². The van der Waals surface area contributed by atoms with E-state index in [-0.39, 0.29) is 5.69 Å². The topological polar surface area (TPSA) is 66.0 Å².